The van der Waals surface area contributed by atoms with Gasteiger partial charge < -0.3 is 15.1 Å². The molecule has 0 bridgehead atoms. The molecule has 1 unspecified atom stereocenters. The van der Waals surface area contributed by atoms with Crippen LogP contribution in [0.4, 0.5) is 0 Å². The highest BCUT2D eigenvalue weighted by Gasteiger charge is 2.21. The van der Waals surface area contributed by atoms with Crippen molar-refractivity contribution in [2.45, 2.75) is 32.2 Å². The maximum atomic E-state index is 12.2. The Morgan fingerprint density at radius 1 is 1.16 bits per heavy atom. The average Bonchev–Trinajstić information content (AvgIpc) is 2.48. The first-order chi connectivity index (χ1) is 9.27. The van der Waals surface area contributed by atoms with Crippen LogP contribution in [0.5, 0.6) is 0 Å². The molecule has 2 saturated heterocycles. The minimum Gasteiger partial charge on any atom is -0.341 e. The first-order valence-corrected chi connectivity index (χ1v) is 8.75. The standard InChI is InChI=1S/C14H27N3OS/c1-13(14(18)17-6-3-2-4-7-17)15-5-8-16-9-11-19-12-10-16/h13,15H,2-12H2,1H3. The molecular weight excluding hydrogens is 258 g/mol. The van der Waals surface area contributed by atoms with Gasteiger partial charge in [0, 0.05) is 50.8 Å². The van der Waals surface area contributed by atoms with E-state index in [0.29, 0.717) is 0 Å². The number of likely N-dealkylation sites (tertiary alicyclic amines) is 1. The quantitative estimate of drug-likeness (QED) is 0.818. The molecular formula is C14H27N3OS. The normalized spacial score (nSPS) is 23.3. The predicted molar refractivity (Wildman–Crippen MR) is 81.7 cm³/mol. The maximum Gasteiger partial charge on any atom is 0.239 e. The number of nitrogens with one attached hydrogen (secondary N) is 1. The van der Waals surface area contributed by atoms with Crippen LogP contribution in [0, 0.1) is 0 Å². The summed E-state index contributed by atoms with van der Waals surface area (Å²) in [7, 11) is 0. The summed E-state index contributed by atoms with van der Waals surface area (Å²) < 4.78 is 0. The molecule has 0 saturated carbocycles. The molecule has 0 aromatic carbocycles. The van der Waals surface area contributed by atoms with Crippen molar-refractivity contribution < 1.29 is 4.79 Å². The van der Waals surface area contributed by atoms with E-state index in [-0.39, 0.29) is 11.9 Å². The van der Waals surface area contributed by atoms with E-state index >= 15 is 0 Å². The van der Waals surface area contributed by atoms with Gasteiger partial charge in [-0.05, 0) is 26.2 Å². The van der Waals surface area contributed by atoms with Crippen molar-refractivity contribution in [3.8, 4) is 0 Å². The van der Waals surface area contributed by atoms with Crippen LogP contribution in [0.1, 0.15) is 26.2 Å². The molecule has 19 heavy (non-hydrogen) atoms. The largest absolute Gasteiger partial charge is 0.341 e. The van der Waals surface area contributed by atoms with Crippen molar-refractivity contribution in [1.82, 2.24) is 15.1 Å². The molecule has 1 N–H and O–H groups in total. The third-order valence-electron chi connectivity index (χ3n) is 4.02. The van der Waals surface area contributed by atoms with Crippen molar-refractivity contribution in [2.75, 3.05) is 50.8 Å². The maximum absolute atomic E-state index is 12.2. The van der Waals surface area contributed by atoms with Crippen LogP contribution in [0.15, 0.2) is 0 Å². The topological polar surface area (TPSA) is 35.6 Å². The molecule has 0 radical (unpaired) electrons. The zero-order valence-corrected chi connectivity index (χ0v) is 12.9. The molecule has 0 spiro atoms. The molecule has 4 nitrogen and oxygen atoms in total. The Hall–Kier alpha value is -0.260. The summed E-state index contributed by atoms with van der Waals surface area (Å²) >= 11 is 2.04. The molecule has 2 rings (SSSR count). The second kappa shape index (κ2) is 8.12. The minimum absolute atomic E-state index is 0.0303. The van der Waals surface area contributed by atoms with E-state index in [1.54, 1.807) is 0 Å². The van der Waals surface area contributed by atoms with Crippen molar-refractivity contribution in [3.05, 3.63) is 0 Å². The van der Waals surface area contributed by atoms with E-state index in [1.165, 1.54) is 43.9 Å². The summed E-state index contributed by atoms with van der Waals surface area (Å²) in [6.07, 6.45) is 3.62. The van der Waals surface area contributed by atoms with Gasteiger partial charge in [0.2, 0.25) is 5.91 Å². The van der Waals surface area contributed by atoms with Crippen LogP contribution in [0.2, 0.25) is 0 Å². The van der Waals surface area contributed by atoms with Crippen molar-refractivity contribution in [2.24, 2.45) is 0 Å². The summed E-state index contributed by atoms with van der Waals surface area (Å²) in [6.45, 7) is 8.29. The van der Waals surface area contributed by atoms with Crippen LogP contribution in [0.3, 0.4) is 0 Å². The number of piperidine rings is 1. The van der Waals surface area contributed by atoms with Crippen LogP contribution < -0.4 is 5.32 Å². The Kier molecular flexibility index (Phi) is 6.47. The first kappa shape index (κ1) is 15.1. The zero-order chi connectivity index (χ0) is 13.5. The number of hydrogen-bond donors (Lipinski definition) is 1. The van der Waals surface area contributed by atoms with E-state index in [2.05, 4.69) is 10.2 Å². The summed E-state index contributed by atoms with van der Waals surface area (Å²) in [5, 5.41) is 3.39. The molecule has 0 aromatic heterocycles. The van der Waals surface area contributed by atoms with Gasteiger partial charge in [-0.1, -0.05) is 0 Å². The van der Waals surface area contributed by atoms with Crippen LogP contribution >= 0.6 is 11.8 Å². The average molecular weight is 285 g/mol. The summed E-state index contributed by atoms with van der Waals surface area (Å²) in [6, 6.07) is -0.0303. The Bertz CT molecular complexity index is 276. The van der Waals surface area contributed by atoms with Gasteiger partial charge in [0.05, 0.1) is 6.04 Å². The molecule has 110 valence electrons. The SMILES string of the molecule is CC(NCCN1CCSCC1)C(=O)N1CCCCC1. The number of amides is 1. The summed E-state index contributed by atoms with van der Waals surface area (Å²) in [5.74, 6) is 2.79. The van der Waals surface area contributed by atoms with Gasteiger partial charge in [0.25, 0.3) is 0 Å². The molecule has 2 aliphatic heterocycles. The Morgan fingerprint density at radius 3 is 2.53 bits per heavy atom. The van der Waals surface area contributed by atoms with E-state index in [9.17, 15) is 4.79 Å². The molecule has 1 amide bonds. The van der Waals surface area contributed by atoms with Gasteiger partial charge in [-0.25, -0.2) is 0 Å². The molecule has 0 aliphatic carbocycles. The van der Waals surface area contributed by atoms with Crippen molar-refractivity contribution >= 4 is 17.7 Å². The lowest BCUT2D eigenvalue weighted by molar-refractivity contribution is -0.133. The van der Waals surface area contributed by atoms with Gasteiger partial charge in [0.15, 0.2) is 0 Å². The third kappa shape index (κ3) is 4.97. The van der Waals surface area contributed by atoms with Crippen LogP contribution in [0.25, 0.3) is 0 Å². The summed E-state index contributed by atoms with van der Waals surface area (Å²) in [4.78, 5) is 16.7. The fourth-order valence-electron chi connectivity index (χ4n) is 2.74. The number of hydrogen-bond acceptors (Lipinski definition) is 4. The fourth-order valence-corrected chi connectivity index (χ4v) is 3.72. The lowest BCUT2D eigenvalue weighted by Gasteiger charge is -2.30. The molecule has 5 heteroatoms. The second-order valence-electron chi connectivity index (χ2n) is 5.52. The van der Waals surface area contributed by atoms with E-state index in [1.807, 2.05) is 23.6 Å². The monoisotopic (exact) mass is 285 g/mol. The number of carbonyl (C=O) groups excluding carboxylic acids is 1. The molecule has 0 aromatic rings. The molecule has 1 atom stereocenters. The third-order valence-corrected chi connectivity index (χ3v) is 4.96. The Balaban J connectivity index is 1.62. The van der Waals surface area contributed by atoms with Gasteiger partial charge in [0.1, 0.15) is 0 Å². The van der Waals surface area contributed by atoms with Gasteiger partial charge in [-0.15, -0.1) is 0 Å². The lowest BCUT2D eigenvalue weighted by atomic mass is 10.1. The number of rotatable bonds is 5. The first-order valence-electron chi connectivity index (χ1n) is 7.59. The summed E-state index contributed by atoms with van der Waals surface area (Å²) in [5.41, 5.74) is 0. The van der Waals surface area contributed by atoms with E-state index in [0.717, 1.165) is 26.2 Å². The van der Waals surface area contributed by atoms with E-state index < -0.39 is 0 Å². The van der Waals surface area contributed by atoms with Crippen LogP contribution in [-0.4, -0.2) is 72.5 Å². The fraction of sp³-hybridized carbons (Fsp3) is 0.929. The Labute approximate surface area is 121 Å². The highest BCUT2D eigenvalue weighted by Crippen LogP contribution is 2.10. The van der Waals surface area contributed by atoms with Gasteiger partial charge in [-0.3, -0.25) is 4.79 Å². The molecule has 2 aliphatic rings. The molecule has 2 fully saturated rings. The number of nitrogens with zero attached hydrogens (tertiary/aromatic N) is 2. The Morgan fingerprint density at radius 2 is 1.84 bits per heavy atom. The van der Waals surface area contributed by atoms with Crippen molar-refractivity contribution in [1.29, 1.82) is 0 Å². The van der Waals surface area contributed by atoms with Gasteiger partial charge in [-0.2, -0.15) is 11.8 Å². The van der Waals surface area contributed by atoms with Crippen molar-refractivity contribution in [3.63, 3.8) is 0 Å². The highest BCUT2D eigenvalue weighted by molar-refractivity contribution is 7.99. The smallest absolute Gasteiger partial charge is 0.239 e. The van der Waals surface area contributed by atoms with Crippen LogP contribution in [-0.2, 0) is 4.79 Å². The lowest BCUT2D eigenvalue weighted by Crippen LogP contribution is -2.48. The number of thioether (sulfide) groups is 1. The molecule has 2 heterocycles. The second-order valence-corrected chi connectivity index (χ2v) is 6.74. The van der Waals surface area contributed by atoms with Gasteiger partial charge >= 0.3 is 0 Å². The highest BCUT2D eigenvalue weighted by atomic mass is 32.2. The zero-order valence-electron chi connectivity index (χ0n) is 12.1. The number of carbonyl (C=O) groups is 1. The predicted octanol–water partition coefficient (Wildman–Crippen LogP) is 1.03. The van der Waals surface area contributed by atoms with E-state index in [4.69, 9.17) is 0 Å². The minimum atomic E-state index is -0.0303.